The van der Waals surface area contributed by atoms with Gasteiger partial charge in [-0.3, -0.25) is 4.79 Å². The van der Waals surface area contributed by atoms with E-state index in [9.17, 15) is 4.79 Å². The first-order valence-corrected chi connectivity index (χ1v) is 7.81. The number of amides is 1. The summed E-state index contributed by atoms with van der Waals surface area (Å²) in [5.41, 5.74) is 0. The van der Waals surface area contributed by atoms with Gasteiger partial charge in [0.2, 0.25) is 0 Å². The van der Waals surface area contributed by atoms with Crippen LogP contribution in [0.1, 0.15) is 26.2 Å². The normalized spacial score (nSPS) is 10.4. The Balaban J connectivity index is 2.11. The molecule has 0 saturated heterocycles. The van der Waals surface area contributed by atoms with E-state index in [4.69, 9.17) is 32.7 Å². The van der Waals surface area contributed by atoms with Crippen LogP contribution in [0.3, 0.4) is 0 Å². The SMILES string of the molecule is CCCCOCCCNC(=O)COc1ccc(Cl)cc1Cl. The maximum absolute atomic E-state index is 11.6. The van der Waals surface area contributed by atoms with Crippen LogP contribution in [-0.4, -0.2) is 32.3 Å². The van der Waals surface area contributed by atoms with Crippen LogP contribution in [-0.2, 0) is 9.53 Å². The minimum atomic E-state index is -0.186. The predicted molar refractivity (Wildman–Crippen MR) is 85.3 cm³/mol. The van der Waals surface area contributed by atoms with Crippen molar-refractivity contribution in [1.29, 1.82) is 0 Å². The average Bonchev–Trinajstić information content (AvgIpc) is 2.45. The first-order valence-electron chi connectivity index (χ1n) is 7.05. The molecule has 0 unspecified atom stereocenters. The van der Waals surface area contributed by atoms with E-state index in [1.807, 2.05) is 0 Å². The van der Waals surface area contributed by atoms with Crippen molar-refractivity contribution in [2.24, 2.45) is 0 Å². The molecule has 1 rings (SSSR count). The lowest BCUT2D eigenvalue weighted by atomic mass is 10.3. The largest absolute Gasteiger partial charge is 0.482 e. The standard InChI is InChI=1S/C15H21Cl2NO3/c1-2-3-8-20-9-4-7-18-15(19)11-21-14-6-5-12(16)10-13(14)17/h5-6,10H,2-4,7-9,11H2,1H3,(H,18,19). The molecule has 0 aliphatic carbocycles. The third-order valence-corrected chi connectivity index (χ3v) is 3.21. The van der Waals surface area contributed by atoms with Gasteiger partial charge in [0.25, 0.3) is 5.91 Å². The Morgan fingerprint density at radius 3 is 2.71 bits per heavy atom. The minimum absolute atomic E-state index is 0.0714. The van der Waals surface area contributed by atoms with Crippen molar-refractivity contribution in [3.05, 3.63) is 28.2 Å². The minimum Gasteiger partial charge on any atom is -0.482 e. The molecule has 21 heavy (non-hydrogen) atoms. The van der Waals surface area contributed by atoms with Crippen molar-refractivity contribution in [1.82, 2.24) is 5.32 Å². The van der Waals surface area contributed by atoms with Gasteiger partial charge in [-0.25, -0.2) is 0 Å². The Hall–Kier alpha value is -0.970. The van der Waals surface area contributed by atoms with Crippen LogP contribution >= 0.6 is 23.2 Å². The van der Waals surface area contributed by atoms with Crippen molar-refractivity contribution in [3.63, 3.8) is 0 Å². The topological polar surface area (TPSA) is 47.6 Å². The summed E-state index contributed by atoms with van der Waals surface area (Å²) in [6.45, 7) is 4.06. The number of carbonyl (C=O) groups is 1. The van der Waals surface area contributed by atoms with Gasteiger partial charge in [-0.1, -0.05) is 36.5 Å². The molecule has 1 aromatic rings. The summed E-state index contributed by atoms with van der Waals surface area (Å²) in [4.78, 5) is 11.6. The van der Waals surface area contributed by atoms with Crippen LogP contribution in [0.15, 0.2) is 18.2 Å². The van der Waals surface area contributed by atoms with Crippen molar-refractivity contribution in [2.75, 3.05) is 26.4 Å². The van der Waals surface area contributed by atoms with Gasteiger partial charge in [0.05, 0.1) is 5.02 Å². The number of ether oxygens (including phenoxy) is 2. The second-order valence-corrected chi connectivity index (χ2v) is 5.38. The highest BCUT2D eigenvalue weighted by molar-refractivity contribution is 6.35. The molecule has 4 nitrogen and oxygen atoms in total. The lowest BCUT2D eigenvalue weighted by Gasteiger charge is -2.09. The van der Waals surface area contributed by atoms with E-state index in [-0.39, 0.29) is 12.5 Å². The molecule has 0 aromatic heterocycles. The molecule has 0 fully saturated rings. The fourth-order valence-corrected chi connectivity index (χ4v) is 2.00. The molecular formula is C15H21Cl2NO3. The van der Waals surface area contributed by atoms with Gasteiger partial charge >= 0.3 is 0 Å². The van der Waals surface area contributed by atoms with Crippen LogP contribution < -0.4 is 10.1 Å². The van der Waals surface area contributed by atoms with Gasteiger partial charge in [0.1, 0.15) is 5.75 Å². The van der Waals surface area contributed by atoms with Gasteiger partial charge in [-0.05, 0) is 31.0 Å². The van der Waals surface area contributed by atoms with Crippen molar-refractivity contribution < 1.29 is 14.3 Å². The number of hydrogen-bond donors (Lipinski definition) is 1. The Kier molecular flexibility index (Phi) is 9.22. The highest BCUT2D eigenvalue weighted by atomic mass is 35.5. The van der Waals surface area contributed by atoms with Gasteiger partial charge in [0, 0.05) is 24.8 Å². The average molecular weight is 334 g/mol. The number of unbranched alkanes of at least 4 members (excludes halogenated alkanes) is 1. The van der Waals surface area contributed by atoms with Crippen LogP contribution in [0.4, 0.5) is 0 Å². The Morgan fingerprint density at radius 1 is 1.24 bits per heavy atom. The molecule has 0 bridgehead atoms. The molecule has 0 atom stereocenters. The zero-order valence-corrected chi connectivity index (χ0v) is 13.7. The van der Waals surface area contributed by atoms with Crippen molar-refractivity contribution in [3.8, 4) is 5.75 Å². The Bertz CT molecular complexity index is 441. The molecule has 0 radical (unpaired) electrons. The number of carbonyl (C=O) groups excluding carboxylic acids is 1. The molecule has 0 heterocycles. The number of rotatable bonds is 10. The molecule has 6 heteroatoms. The number of nitrogens with one attached hydrogen (secondary N) is 1. The number of benzene rings is 1. The van der Waals surface area contributed by atoms with E-state index >= 15 is 0 Å². The van der Waals surface area contributed by atoms with Gasteiger partial charge in [-0.15, -0.1) is 0 Å². The van der Waals surface area contributed by atoms with Gasteiger partial charge < -0.3 is 14.8 Å². The summed E-state index contributed by atoms with van der Waals surface area (Å²) < 4.78 is 10.7. The second kappa shape index (κ2) is 10.7. The lowest BCUT2D eigenvalue weighted by Crippen LogP contribution is -2.30. The maximum Gasteiger partial charge on any atom is 0.257 e. The molecule has 0 aliphatic heterocycles. The summed E-state index contributed by atoms with van der Waals surface area (Å²) in [5.74, 6) is 0.258. The highest BCUT2D eigenvalue weighted by Crippen LogP contribution is 2.27. The summed E-state index contributed by atoms with van der Waals surface area (Å²) in [5, 5.41) is 3.68. The van der Waals surface area contributed by atoms with Gasteiger partial charge in [-0.2, -0.15) is 0 Å². The zero-order chi connectivity index (χ0) is 15.5. The molecule has 0 saturated carbocycles. The number of halogens is 2. The third kappa shape index (κ3) is 8.15. The first kappa shape index (κ1) is 18.1. The molecule has 1 amide bonds. The summed E-state index contributed by atoms with van der Waals surface area (Å²) in [7, 11) is 0. The molecule has 1 N–H and O–H groups in total. The first-order chi connectivity index (χ1) is 10.1. The molecule has 0 spiro atoms. The number of hydrogen-bond acceptors (Lipinski definition) is 3. The Labute approximate surface area is 135 Å². The van der Waals surface area contributed by atoms with Crippen molar-refractivity contribution >= 4 is 29.1 Å². The molecule has 0 aliphatic rings. The molecule has 1 aromatic carbocycles. The summed E-state index contributed by atoms with van der Waals surface area (Å²) in [6.07, 6.45) is 2.99. The van der Waals surface area contributed by atoms with Crippen LogP contribution in [0.5, 0.6) is 5.75 Å². The molecular weight excluding hydrogens is 313 g/mol. The fraction of sp³-hybridized carbons (Fsp3) is 0.533. The van der Waals surface area contributed by atoms with E-state index < -0.39 is 0 Å². The summed E-state index contributed by atoms with van der Waals surface area (Å²) >= 11 is 11.7. The second-order valence-electron chi connectivity index (χ2n) is 4.53. The maximum atomic E-state index is 11.6. The van der Waals surface area contributed by atoms with Gasteiger partial charge in [0.15, 0.2) is 6.61 Å². The van der Waals surface area contributed by atoms with Crippen molar-refractivity contribution in [2.45, 2.75) is 26.2 Å². The van der Waals surface area contributed by atoms with Crippen LogP contribution in [0.25, 0.3) is 0 Å². The molecule has 118 valence electrons. The monoisotopic (exact) mass is 333 g/mol. The lowest BCUT2D eigenvalue weighted by molar-refractivity contribution is -0.123. The predicted octanol–water partition coefficient (Wildman–Crippen LogP) is 3.70. The highest BCUT2D eigenvalue weighted by Gasteiger charge is 2.06. The van der Waals surface area contributed by atoms with E-state index in [0.29, 0.717) is 28.9 Å². The van der Waals surface area contributed by atoms with E-state index in [0.717, 1.165) is 25.9 Å². The zero-order valence-electron chi connectivity index (χ0n) is 12.2. The van der Waals surface area contributed by atoms with E-state index in [2.05, 4.69) is 12.2 Å². The van der Waals surface area contributed by atoms with Crippen LogP contribution in [0.2, 0.25) is 10.0 Å². The smallest absolute Gasteiger partial charge is 0.257 e. The summed E-state index contributed by atoms with van der Waals surface area (Å²) in [6, 6.07) is 4.87. The fourth-order valence-electron chi connectivity index (χ4n) is 1.54. The third-order valence-electron chi connectivity index (χ3n) is 2.68. The van der Waals surface area contributed by atoms with E-state index in [1.165, 1.54) is 0 Å². The Morgan fingerprint density at radius 2 is 2.00 bits per heavy atom. The van der Waals surface area contributed by atoms with Crippen LogP contribution in [0, 0.1) is 0 Å². The quantitative estimate of drug-likeness (QED) is 0.664. The van der Waals surface area contributed by atoms with E-state index in [1.54, 1.807) is 18.2 Å².